The second kappa shape index (κ2) is 15.5. The fraction of sp³-hybridized carbons (Fsp3) is 0.600. The van der Waals surface area contributed by atoms with E-state index in [1.165, 1.54) is 10.4 Å². The molecular weight excluding hydrogens is 525 g/mol. The number of hydrogen-bond donors (Lipinski definition) is 0. The van der Waals surface area contributed by atoms with Gasteiger partial charge in [0.2, 0.25) is 0 Å². The third-order valence-electron chi connectivity index (χ3n) is 8.47. The first-order valence-electron chi connectivity index (χ1n) is 15.2. The number of ether oxygens (including phenoxy) is 1. The lowest BCUT2D eigenvalue weighted by molar-refractivity contribution is 0.0738. The molecule has 2 aromatic rings. The van der Waals surface area contributed by atoms with E-state index in [1.54, 1.807) is 7.11 Å². The normalized spacial score (nSPS) is 14.3. The van der Waals surface area contributed by atoms with E-state index >= 15 is 0 Å². The molecule has 0 amide bonds. The molecule has 0 heterocycles. The highest BCUT2D eigenvalue weighted by Crippen LogP contribution is 2.38. The zero-order chi connectivity index (χ0) is 29.9. The topological polar surface area (TPSA) is 27.7 Å². The van der Waals surface area contributed by atoms with Crippen molar-refractivity contribution in [3.8, 4) is 11.8 Å². The highest BCUT2D eigenvalue weighted by molar-refractivity contribution is 6.99. The Labute approximate surface area is 248 Å². The summed E-state index contributed by atoms with van der Waals surface area (Å²) in [6.45, 7) is 21.5. The van der Waals surface area contributed by atoms with Gasteiger partial charge in [-0.15, -0.1) is 11.8 Å². The van der Waals surface area contributed by atoms with Gasteiger partial charge in [-0.05, 0) is 66.2 Å². The van der Waals surface area contributed by atoms with Crippen LogP contribution in [0.5, 0.6) is 0 Å². The SMILES string of the molecule is CO[C@H](CCC#CCCC[C@@H](C)O[Si](c1ccccc1)(c1ccccc1)C(C)(C)C)CCO[Si](C)(C)C(C)(C)C. The zero-order valence-corrected chi connectivity index (χ0v) is 29.1. The molecule has 3 nitrogen and oxygen atoms in total. The van der Waals surface area contributed by atoms with Crippen LogP contribution in [0, 0.1) is 11.8 Å². The summed E-state index contributed by atoms with van der Waals surface area (Å²) >= 11 is 0. The third-order valence-corrected chi connectivity index (χ3v) is 18.2. The van der Waals surface area contributed by atoms with Crippen molar-refractivity contribution in [1.29, 1.82) is 0 Å². The average Bonchev–Trinajstić information content (AvgIpc) is 2.89. The summed E-state index contributed by atoms with van der Waals surface area (Å²) in [5.74, 6) is 6.79. The third kappa shape index (κ3) is 9.70. The summed E-state index contributed by atoms with van der Waals surface area (Å²) in [5.41, 5.74) is 0. The van der Waals surface area contributed by atoms with E-state index in [2.05, 4.69) is 134 Å². The maximum absolute atomic E-state index is 7.20. The molecular formula is C35H56O3Si2. The molecule has 5 heteroatoms. The molecule has 0 unspecified atom stereocenters. The van der Waals surface area contributed by atoms with Crippen molar-refractivity contribution >= 4 is 27.0 Å². The number of rotatable bonds is 14. The van der Waals surface area contributed by atoms with E-state index < -0.39 is 16.6 Å². The van der Waals surface area contributed by atoms with E-state index in [1.807, 2.05) is 0 Å². The molecule has 0 spiro atoms. The molecule has 0 fully saturated rings. The van der Waals surface area contributed by atoms with Crippen LogP contribution in [-0.4, -0.2) is 42.6 Å². The minimum absolute atomic E-state index is 0.00259. The maximum atomic E-state index is 7.20. The molecule has 0 bridgehead atoms. The molecule has 0 N–H and O–H groups in total. The van der Waals surface area contributed by atoms with E-state index in [4.69, 9.17) is 13.6 Å². The van der Waals surface area contributed by atoms with Crippen LogP contribution >= 0.6 is 0 Å². The van der Waals surface area contributed by atoms with E-state index in [0.717, 1.165) is 45.1 Å². The highest BCUT2D eigenvalue weighted by atomic mass is 28.4. The molecule has 0 saturated heterocycles. The Morgan fingerprint density at radius 1 is 0.725 bits per heavy atom. The minimum atomic E-state index is -2.50. The van der Waals surface area contributed by atoms with Gasteiger partial charge in [0.05, 0.1) is 6.10 Å². The first-order chi connectivity index (χ1) is 18.7. The van der Waals surface area contributed by atoms with Crippen LogP contribution in [0.3, 0.4) is 0 Å². The van der Waals surface area contributed by atoms with Crippen LogP contribution in [-0.2, 0) is 13.6 Å². The Hall–Kier alpha value is -1.69. The van der Waals surface area contributed by atoms with E-state index in [9.17, 15) is 0 Å². The maximum Gasteiger partial charge on any atom is 0.261 e. The number of methoxy groups -OCH3 is 1. The van der Waals surface area contributed by atoms with Gasteiger partial charge in [0.25, 0.3) is 8.32 Å². The predicted octanol–water partition coefficient (Wildman–Crippen LogP) is 8.33. The van der Waals surface area contributed by atoms with E-state index in [-0.39, 0.29) is 22.3 Å². The standard InChI is InChI=1S/C35H56O3Si2/c1-30(22-16-12-11-13-17-23-31(36-8)28-29-37-39(9,10)34(2,3)4)38-40(35(5,6)7,32-24-18-14-19-25-32)33-26-20-15-21-27-33/h14-15,18-21,24-27,30-31H,12,16-17,22-23,28-29H2,1-10H3/t30-,31-/m1/s1. The number of unbranched alkanes of at least 4 members (excludes halogenated alkanes) is 1. The molecule has 0 aromatic heterocycles. The Bertz CT molecular complexity index is 1000. The minimum Gasteiger partial charge on any atom is -0.417 e. The first-order valence-corrected chi connectivity index (χ1v) is 20.0. The molecule has 0 aliphatic heterocycles. The van der Waals surface area contributed by atoms with Gasteiger partial charge in [0.1, 0.15) is 0 Å². The second-order valence-electron chi connectivity index (χ2n) is 13.6. The smallest absolute Gasteiger partial charge is 0.261 e. The van der Waals surface area contributed by atoms with Gasteiger partial charge in [0, 0.05) is 32.7 Å². The van der Waals surface area contributed by atoms with Crippen molar-refractivity contribution in [2.24, 2.45) is 0 Å². The molecule has 0 radical (unpaired) electrons. The van der Waals surface area contributed by atoms with Gasteiger partial charge in [-0.1, -0.05) is 102 Å². The van der Waals surface area contributed by atoms with Gasteiger partial charge < -0.3 is 13.6 Å². The highest BCUT2D eigenvalue weighted by Gasteiger charge is 2.50. The summed E-state index contributed by atoms with van der Waals surface area (Å²) in [4.78, 5) is 0. The van der Waals surface area contributed by atoms with Crippen LogP contribution in [0.4, 0.5) is 0 Å². The van der Waals surface area contributed by atoms with Crippen LogP contribution in [0.15, 0.2) is 60.7 Å². The Kier molecular flexibility index (Phi) is 13.4. The molecule has 40 heavy (non-hydrogen) atoms. The van der Waals surface area contributed by atoms with Crippen molar-refractivity contribution in [3.63, 3.8) is 0 Å². The predicted molar refractivity (Wildman–Crippen MR) is 178 cm³/mol. The lowest BCUT2D eigenvalue weighted by Gasteiger charge is -2.44. The molecule has 222 valence electrons. The summed E-state index contributed by atoms with van der Waals surface area (Å²) in [6, 6.07) is 21.8. The van der Waals surface area contributed by atoms with Gasteiger partial charge >= 0.3 is 0 Å². The summed E-state index contributed by atoms with van der Waals surface area (Å²) in [6.07, 6.45) is 6.07. The Balaban J connectivity index is 1.90. The van der Waals surface area contributed by atoms with Crippen LogP contribution in [0.25, 0.3) is 0 Å². The van der Waals surface area contributed by atoms with Crippen molar-refractivity contribution in [2.75, 3.05) is 13.7 Å². The largest absolute Gasteiger partial charge is 0.417 e. The fourth-order valence-electron chi connectivity index (χ4n) is 4.98. The van der Waals surface area contributed by atoms with Gasteiger partial charge in [-0.25, -0.2) is 0 Å². The monoisotopic (exact) mass is 580 g/mol. The average molecular weight is 581 g/mol. The van der Waals surface area contributed by atoms with Crippen LogP contribution in [0.2, 0.25) is 23.2 Å². The molecule has 2 atom stereocenters. The lowest BCUT2D eigenvalue weighted by Crippen LogP contribution is -2.67. The summed E-state index contributed by atoms with van der Waals surface area (Å²) in [7, 11) is -2.40. The fourth-order valence-corrected chi connectivity index (χ4v) is 10.8. The zero-order valence-electron chi connectivity index (χ0n) is 27.1. The quantitative estimate of drug-likeness (QED) is 0.128. The molecule has 2 rings (SSSR count). The molecule has 0 aliphatic rings. The lowest BCUT2D eigenvalue weighted by atomic mass is 10.1. The number of benzene rings is 2. The summed E-state index contributed by atoms with van der Waals surface area (Å²) < 4.78 is 19.2. The second-order valence-corrected chi connectivity index (χ2v) is 22.7. The summed E-state index contributed by atoms with van der Waals surface area (Å²) in [5, 5.41) is 2.91. The molecule has 2 aromatic carbocycles. The first kappa shape index (κ1) is 34.5. The molecule has 0 aliphatic carbocycles. The van der Waals surface area contributed by atoms with Crippen molar-refractivity contribution in [3.05, 3.63) is 60.7 Å². The number of hydrogen-bond acceptors (Lipinski definition) is 3. The van der Waals surface area contributed by atoms with Crippen molar-refractivity contribution in [2.45, 2.75) is 122 Å². The van der Waals surface area contributed by atoms with Gasteiger partial charge in [0.15, 0.2) is 8.32 Å². The molecule has 0 saturated carbocycles. The van der Waals surface area contributed by atoms with Crippen LogP contribution < -0.4 is 10.4 Å². The van der Waals surface area contributed by atoms with Crippen molar-refractivity contribution in [1.82, 2.24) is 0 Å². The van der Waals surface area contributed by atoms with Gasteiger partial charge in [-0.2, -0.15) is 0 Å². The van der Waals surface area contributed by atoms with E-state index in [0.29, 0.717) is 0 Å². The Morgan fingerprint density at radius 3 is 1.73 bits per heavy atom. The van der Waals surface area contributed by atoms with Crippen LogP contribution in [0.1, 0.15) is 87.0 Å². The van der Waals surface area contributed by atoms with Gasteiger partial charge in [-0.3, -0.25) is 0 Å². The Morgan fingerprint density at radius 2 is 1.25 bits per heavy atom. The van der Waals surface area contributed by atoms with Crippen molar-refractivity contribution < 1.29 is 13.6 Å².